The van der Waals surface area contributed by atoms with E-state index in [1.165, 1.54) is 0 Å². The summed E-state index contributed by atoms with van der Waals surface area (Å²) in [6, 6.07) is 9.00. The van der Waals surface area contributed by atoms with Crippen LogP contribution in [0.1, 0.15) is 24.1 Å². The zero-order valence-electron chi connectivity index (χ0n) is 14.5. The summed E-state index contributed by atoms with van der Waals surface area (Å²) in [4.78, 5) is 25.0. The van der Waals surface area contributed by atoms with Crippen LogP contribution in [-0.4, -0.2) is 11.9 Å². The molecule has 0 aromatic heterocycles. The maximum absolute atomic E-state index is 13.0. The fourth-order valence-corrected chi connectivity index (χ4v) is 3.57. The first kappa shape index (κ1) is 19.5. The summed E-state index contributed by atoms with van der Waals surface area (Å²) in [5.41, 5.74) is 2.80. The van der Waals surface area contributed by atoms with E-state index in [0.29, 0.717) is 37.6 Å². The quantitative estimate of drug-likeness (QED) is 0.632. The summed E-state index contributed by atoms with van der Waals surface area (Å²) in [7, 11) is 0. The highest BCUT2D eigenvalue weighted by Gasteiger charge is 2.32. The van der Waals surface area contributed by atoms with E-state index in [2.05, 4.69) is 16.0 Å². The molecule has 1 aliphatic rings. The fraction of sp³-hybridized carbons (Fsp3) is 0.158. The van der Waals surface area contributed by atoms with Crippen molar-refractivity contribution in [1.82, 2.24) is 10.6 Å². The highest BCUT2D eigenvalue weighted by atomic mass is 35.5. The Kier molecular flexibility index (Phi) is 5.65. The summed E-state index contributed by atoms with van der Waals surface area (Å²) < 4.78 is 0. The van der Waals surface area contributed by atoms with E-state index in [-0.39, 0.29) is 5.91 Å². The molecular weight excluding hydrogens is 409 g/mol. The Morgan fingerprint density at radius 3 is 2.41 bits per heavy atom. The maximum Gasteiger partial charge on any atom is 0.319 e. The minimum atomic E-state index is -0.719. The number of nitrogens with one attached hydrogen (secondary N) is 3. The average Bonchev–Trinajstić information content (AvgIpc) is 2.57. The predicted molar refractivity (Wildman–Crippen MR) is 108 cm³/mol. The van der Waals surface area contributed by atoms with E-state index in [9.17, 15) is 9.59 Å². The molecule has 2 aromatic carbocycles. The first-order chi connectivity index (χ1) is 12.8. The minimum absolute atomic E-state index is 0.346. The number of carbonyl (C=O) groups is 2. The fourth-order valence-electron chi connectivity index (χ4n) is 2.88. The van der Waals surface area contributed by atoms with Gasteiger partial charge in [-0.15, -0.1) is 0 Å². The van der Waals surface area contributed by atoms with Crippen molar-refractivity contribution in [2.45, 2.75) is 19.9 Å². The van der Waals surface area contributed by atoms with Crippen LogP contribution in [0, 0.1) is 6.92 Å². The molecule has 5 nitrogen and oxygen atoms in total. The molecular formula is C19H16Cl3N3O2. The number of allylic oxidation sites excluding steroid dienone is 1. The van der Waals surface area contributed by atoms with Gasteiger partial charge in [0, 0.05) is 26.5 Å². The molecule has 0 fully saturated rings. The third kappa shape index (κ3) is 4.21. The van der Waals surface area contributed by atoms with Crippen molar-refractivity contribution in [3.8, 4) is 0 Å². The van der Waals surface area contributed by atoms with Gasteiger partial charge in [0.05, 0.1) is 11.6 Å². The van der Waals surface area contributed by atoms with Gasteiger partial charge >= 0.3 is 6.03 Å². The molecule has 2 aromatic rings. The predicted octanol–water partition coefficient (Wildman–Crippen LogP) is 5.22. The molecule has 0 saturated carbocycles. The SMILES string of the molecule is CC1=C(C(=O)Nc2cc(Cl)ccc2C)[C@@H](c2ccc(Cl)cc2Cl)NC(=O)N1. The number of hydrogen-bond donors (Lipinski definition) is 3. The second kappa shape index (κ2) is 7.80. The van der Waals surface area contributed by atoms with Gasteiger partial charge in [0.1, 0.15) is 0 Å². The average molecular weight is 425 g/mol. The van der Waals surface area contributed by atoms with Crippen molar-refractivity contribution in [3.05, 3.63) is 73.9 Å². The summed E-state index contributed by atoms with van der Waals surface area (Å²) in [5, 5.41) is 9.55. The van der Waals surface area contributed by atoms with Gasteiger partial charge in [-0.2, -0.15) is 0 Å². The monoisotopic (exact) mass is 423 g/mol. The molecule has 0 spiro atoms. The molecule has 1 heterocycles. The molecule has 0 saturated heterocycles. The molecule has 1 aliphatic heterocycles. The molecule has 0 radical (unpaired) electrons. The van der Waals surface area contributed by atoms with Gasteiger partial charge in [-0.3, -0.25) is 4.79 Å². The molecule has 140 valence electrons. The molecule has 0 bridgehead atoms. The zero-order chi connectivity index (χ0) is 19.7. The number of halogens is 3. The molecule has 3 rings (SSSR count). The third-order valence-electron chi connectivity index (χ3n) is 4.24. The lowest BCUT2D eigenvalue weighted by Crippen LogP contribution is -2.46. The molecule has 3 amide bonds. The maximum atomic E-state index is 13.0. The molecule has 3 N–H and O–H groups in total. The van der Waals surface area contributed by atoms with Crippen molar-refractivity contribution in [1.29, 1.82) is 0 Å². The smallest absolute Gasteiger partial charge is 0.319 e. The number of benzene rings is 2. The van der Waals surface area contributed by atoms with Crippen LogP contribution >= 0.6 is 34.8 Å². The lowest BCUT2D eigenvalue weighted by Gasteiger charge is -2.29. The van der Waals surface area contributed by atoms with E-state index in [1.807, 2.05) is 13.0 Å². The Balaban J connectivity index is 2.01. The van der Waals surface area contributed by atoms with Gasteiger partial charge in [-0.25, -0.2) is 4.79 Å². The number of rotatable bonds is 3. The lowest BCUT2D eigenvalue weighted by atomic mass is 9.94. The summed E-state index contributed by atoms with van der Waals surface area (Å²) in [6.07, 6.45) is 0. The Morgan fingerprint density at radius 1 is 1.04 bits per heavy atom. The summed E-state index contributed by atoms with van der Waals surface area (Å²) >= 11 is 18.3. The summed E-state index contributed by atoms with van der Waals surface area (Å²) in [6.45, 7) is 3.52. The lowest BCUT2D eigenvalue weighted by molar-refractivity contribution is -0.113. The Hall–Kier alpha value is -2.21. The number of anilines is 1. The van der Waals surface area contributed by atoms with Crippen molar-refractivity contribution in [2.24, 2.45) is 0 Å². The number of carbonyl (C=O) groups excluding carboxylic acids is 2. The van der Waals surface area contributed by atoms with E-state index >= 15 is 0 Å². The molecule has 27 heavy (non-hydrogen) atoms. The second-order valence-corrected chi connectivity index (χ2v) is 7.43. The summed E-state index contributed by atoms with van der Waals surface area (Å²) in [5.74, 6) is -0.374. The normalized spacial score (nSPS) is 16.6. The van der Waals surface area contributed by atoms with Crippen LogP contribution in [0.2, 0.25) is 15.1 Å². The van der Waals surface area contributed by atoms with Crippen LogP contribution < -0.4 is 16.0 Å². The molecule has 1 atom stereocenters. The topological polar surface area (TPSA) is 70.2 Å². The van der Waals surface area contributed by atoms with Crippen molar-refractivity contribution < 1.29 is 9.59 Å². The Morgan fingerprint density at radius 2 is 1.70 bits per heavy atom. The molecule has 0 aliphatic carbocycles. The van der Waals surface area contributed by atoms with Gasteiger partial charge in [-0.1, -0.05) is 46.9 Å². The number of amides is 3. The van der Waals surface area contributed by atoms with Gasteiger partial charge in [-0.05, 0) is 49.2 Å². The van der Waals surface area contributed by atoms with Crippen molar-refractivity contribution >= 4 is 52.4 Å². The molecule has 0 unspecified atom stereocenters. The van der Waals surface area contributed by atoms with Crippen LogP contribution in [0.5, 0.6) is 0 Å². The zero-order valence-corrected chi connectivity index (χ0v) is 16.8. The first-order valence-corrected chi connectivity index (χ1v) is 9.20. The first-order valence-electron chi connectivity index (χ1n) is 8.07. The van der Waals surface area contributed by atoms with Crippen LogP contribution in [0.4, 0.5) is 10.5 Å². The van der Waals surface area contributed by atoms with Crippen LogP contribution in [0.15, 0.2) is 47.7 Å². The third-order valence-corrected chi connectivity index (χ3v) is 5.03. The van der Waals surface area contributed by atoms with Crippen LogP contribution in [-0.2, 0) is 4.79 Å². The van der Waals surface area contributed by atoms with Crippen LogP contribution in [0.3, 0.4) is 0 Å². The largest absolute Gasteiger partial charge is 0.327 e. The highest BCUT2D eigenvalue weighted by Crippen LogP contribution is 2.34. The minimum Gasteiger partial charge on any atom is -0.327 e. The van der Waals surface area contributed by atoms with Crippen molar-refractivity contribution in [2.75, 3.05) is 5.32 Å². The van der Waals surface area contributed by atoms with E-state index < -0.39 is 12.1 Å². The Labute approximate surface area is 171 Å². The van der Waals surface area contributed by atoms with Crippen LogP contribution in [0.25, 0.3) is 0 Å². The van der Waals surface area contributed by atoms with E-state index in [4.69, 9.17) is 34.8 Å². The van der Waals surface area contributed by atoms with E-state index in [0.717, 1.165) is 5.56 Å². The standard InChI is InChI=1S/C19H16Cl3N3O2/c1-9-3-4-12(21)8-15(9)24-18(26)16-10(2)23-19(27)25-17(16)13-6-5-11(20)7-14(13)22/h3-8,17H,1-2H3,(H,24,26)(H2,23,25,27)/t17-/m1/s1. The van der Waals surface area contributed by atoms with E-state index in [1.54, 1.807) is 37.3 Å². The highest BCUT2D eigenvalue weighted by molar-refractivity contribution is 6.35. The van der Waals surface area contributed by atoms with Gasteiger partial charge in [0.2, 0.25) is 0 Å². The van der Waals surface area contributed by atoms with Crippen molar-refractivity contribution in [3.63, 3.8) is 0 Å². The number of aryl methyl sites for hydroxylation is 1. The van der Waals surface area contributed by atoms with Gasteiger partial charge < -0.3 is 16.0 Å². The van der Waals surface area contributed by atoms with Gasteiger partial charge in [0.25, 0.3) is 5.91 Å². The second-order valence-electron chi connectivity index (χ2n) is 6.15. The number of hydrogen-bond acceptors (Lipinski definition) is 2. The number of urea groups is 1. The Bertz CT molecular complexity index is 973. The van der Waals surface area contributed by atoms with Gasteiger partial charge in [0.15, 0.2) is 0 Å². The molecule has 8 heteroatoms.